The van der Waals surface area contributed by atoms with E-state index in [1.165, 1.54) is 0 Å². The van der Waals surface area contributed by atoms with Gasteiger partial charge in [-0.05, 0) is 24.6 Å². The van der Waals surface area contributed by atoms with Crippen molar-refractivity contribution in [1.82, 2.24) is 4.98 Å². The van der Waals surface area contributed by atoms with Crippen LogP contribution in [0.25, 0.3) is 0 Å². The fourth-order valence-electron chi connectivity index (χ4n) is 1.20. The van der Waals surface area contributed by atoms with Gasteiger partial charge in [-0.25, -0.2) is 0 Å². The lowest BCUT2D eigenvalue weighted by atomic mass is 10.0. The zero-order valence-electron chi connectivity index (χ0n) is 9.65. The number of carboxylic acid groups (broad SMARTS) is 1. The molecule has 0 aliphatic heterocycles. The number of nitrogens with zero attached hydrogens (tertiary/aromatic N) is 1. The third kappa shape index (κ3) is 4.93. The highest BCUT2D eigenvalue weighted by Gasteiger charge is 2.11. The highest BCUT2D eigenvalue weighted by atomic mass is 16.4. The molecule has 3 heteroatoms. The summed E-state index contributed by atoms with van der Waals surface area (Å²) in [6, 6.07) is 14.9. The molecule has 88 valence electrons. The van der Waals surface area contributed by atoms with E-state index in [-0.39, 0.29) is 0 Å². The van der Waals surface area contributed by atoms with Crippen molar-refractivity contribution < 1.29 is 9.90 Å². The van der Waals surface area contributed by atoms with Crippen molar-refractivity contribution in [2.45, 2.75) is 12.8 Å². The molecule has 0 bridgehead atoms. The van der Waals surface area contributed by atoms with Crippen molar-refractivity contribution in [3.05, 3.63) is 66.5 Å². The smallest absolute Gasteiger partial charge is 0.310 e. The molecule has 3 nitrogen and oxygen atoms in total. The quantitative estimate of drug-likeness (QED) is 0.861. The molecule has 0 radical (unpaired) electrons. The second kappa shape index (κ2) is 7.17. The van der Waals surface area contributed by atoms with Gasteiger partial charge in [0.25, 0.3) is 0 Å². The summed E-state index contributed by atoms with van der Waals surface area (Å²) >= 11 is 0. The van der Waals surface area contributed by atoms with E-state index in [0.29, 0.717) is 0 Å². The fraction of sp³-hybridized carbons (Fsp3) is 0.143. The monoisotopic (exact) mass is 229 g/mol. The minimum absolute atomic E-state index is 0.406. The molecule has 0 spiro atoms. The van der Waals surface area contributed by atoms with Crippen LogP contribution < -0.4 is 0 Å². The summed E-state index contributed by atoms with van der Waals surface area (Å²) in [5.41, 5.74) is 0.847. The van der Waals surface area contributed by atoms with Gasteiger partial charge in [-0.1, -0.05) is 36.4 Å². The van der Waals surface area contributed by atoms with Crippen LogP contribution in [0.3, 0.4) is 0 Å². The number of hydrogen-bond donors (Lipinski definition) is 1. The SMILES string of the molecule is CC(C(=O)O)c1ccccc1.c1ccncc1. The number of pyridine rings is 1. The topological polar surface area (TPSA) is 50.2 Å². The molecule has 0 fully saturated rings. The summed E-state index contributed by atoms with van der Waals surface area (Å²) in [7, 11) is 0. The molecule has 1 aromatic carbocycles. The van der Waals surface area contributed by atoms with Crippen LogP contribution in [-0.4, -0.2) is 16.1 Å². The van der Waals surface area contributed by atoms with E-state index in [9.17, 15) is 4.79 Å². The van der Waals surface area contributed by atoms with Crippen LogP contribution in [0.2, 0.25) is 0 Å². The Balaban J connectivity index is 0.000000202. The predicted molar refractivity (Wildman–Crippen MR) is 66.7 cm³/mol. The molecule has 1 unspecified atom stereocenters. The average Bonchev–Trinajstić information content (AvgIpc) is 2.41. The second-order valence-electron chi connectivity index (χ2n) is 3.50. The van der Waals surface area contributed by atoms with Crippen LogP contribution in [0.1, 0.15) is 18.4 Å². The van der Waals surface area contributed by atoms with Crippen LogP contribution in [0.15, 0.2) is 60.9 Å². The Labute approximate surface area is 101 Å². The number of rotatable bonds is 2. The van der Waals surface area contributed by atoms with Crippen molar-refractivity contribution in [3.8, 4) is 0 Å². The molecule has 0 aliphatic rings. The highest BCUT2D eigenvalue weighted by molar-refractivity contribution is 5.75. The van der Waals surface area contributed by atoms with Gasteiger partial charge in [-0.2, -0.15) is 0 Å². The maximum atomic E-state index is 10.5. The third-order valence-electron chi connectivity index (χ3n) is 2.24. The molecule has 0 aliphatic carbocycles. The van der Waals surface area contributed by atoms with Gasteiger partial charge < -0.3 is 5.11 Å². The van der Waals surface area contributed by atoms with E-state index in [1.807, 2.05) is 48.5 Å². The van der Waals surface area contributed by atoms with Gasteiger partial charge in [0.1, 0.15) is 0 Å². The van der Waals surface area contributed by atoms with Crippen molar-refractivity contribution >= 4 is 5.97 Å². The second-order valence-corrected chi connectivity index (χ2v) is 3.50. The van der Waals surface area contributed by atoms with Crippen molar-refractivity contribution in [1.29, 1.82) is 0 Å². The number of benzene rings is 1. The van der Waals surface area contributed by atoms with Gasteiger partial charge in [0.05, 0.1) is 5.92 Å². The molecule has 1 atom stereocenters. The number of aromatic nitrogens is 1. The first-order valence-corrected chi connectivity index (χ1v) is 5.34. The fourth-order valence-corrected chi connectivity index (χ4v) is 1.20. The van der Waals surface area contributed by atoms with Gasteiger partial charge in [-0.15, -0.1) is 0 Å². The molecule has 1 heterocycles. The normalized spacial score (nSPS) is 10.9. The first kappa shape index (κ1) is 12.9. The van der Waals surface area contributed by atoms with Crippen molar-refractivity contribution in [2.24, 2.45) is 0 Å². The molecule has 0 amide bonds. The van der Waals surface area contributed by atoms with Gasteiger partial charge in [-0.3, -0.25) is 9.78 Å². The van der Waals surface area contributed by atoms with E-state index >= 15 is 0 Å². The van der Waals surface area contributed by atoms with Gasteiger partial charge >= 0.3 is 5.97 Å². The largest absolute Gasteiger partial charge is 0.481 e. The summed E-state index contributed by atoms with van der Waals surface area (Å²) in [6.45, 7) is 1.68. The lowest BCUT2D eigenvalue weighted by Crippen LogP contribution is -2.06. The van der Waals surface area contributed by atoms with Crippen LogP contribution in [-0.2, 0) is 4.79 Å². The van der Waals surface area contributed by atoms with Crippen molar-refractivity contribution in [2.75, 3.05) is 0 Å². The Hall–Kier alpha value is -2.16. The Morgan fingerprint density at radius 3 is 1.94 bits per heavy atom. The standard InChI is InChI=1S/C9H10O2.C5H5N/c1-7(9(10)11)8-5-3-2-4-6-8;1-2-4-6-5-3-1/h2-7H,1H3,(H,10,11);1-5H. The van der Waals surface area contributed by atoms with Crippen LogP contribution in [0.4, 0.5) is 0 Å². The Morgan fingerprint density at radius 2 is 1.59 bits per heavy atom. The van der Waals surface area contributed by atoms with E-state index in [2.05, 4.69) is 4.98 Å². The van der Waals surface area contributed by atoms with E-state index in [4.69, 9.17) is 5.11 Å². The summed E-state index contributed by atoms with van der Waals surface area (Å²) < 4.78 is 0. The zero-order chi connectivity index (χ0) is 12.5. The van der Waals surface area contributed by atoms with Gasteiger partial charge in [0.2, 0.25) is 0 Å². The maximum absolute atomic E-state index is 10.5. The number of carbonyl (C=O) groups is 1. The zero-order valence-corrected chi connectivity index (χ0v) is 9.65. The molecule has 2 rings (SSSR count). The van der Waals surface area contributed by atoms with Gasteiger partial charge in [0, 0.05) is 12.4 Å². The molecule has 17 heavy (non-hydrogen) atoms. The number of aliphatic carboxylic acids is 1. The summed E-state index contributed by atoms with van der Waals surface area (Å²) in [5, 5.41) is 8.64. The van der Waals surface area contributed by atoms with E-state index in [1.54, 1.807) is 19.3 Å². The summed E-state index contributed by atoms with van der Waals surface area (Å²) in [4.78, 5) is 14.3. The van der Waals surface area contributed by atoms with E-state index < -0.39 is 11.9 Å². The first-order chi connectivity index (χ1) is 8.22. The third-order valence-corrected chi connectivity index (χ3v) is 2.24. The Morgan fingerprint density at radius 1 is 1.06 bits per heavy atom. The predicted octanol–water partition coefficient (Wildman–Crippen LogP) is 2.96. The molecule has 1 N–H and O–H groups in total. The minimum Gasteiger partial charge on any atom is -0.481 e. The van der Waals surface area contributed by atoms with Crippen LogP contribution in [0, 0.1) is 0 Å². The van der Waals surface area contributed by atoms with Gasteiger partial charge in [0.15, 0.2) is 0 Å². The van der Waals surface area contributed by atoms with Crippen molar-refractivity contribution in [3.63, 3.8) is 0 Å². The molecular weight excluding hydrogens is 214 g/mol. The van der Waals surface area contributed by atoms with Crippen LogP contribution in [0.5, 0.6) is 0 Å². The number of hydrogen-bond acceptors (Lipinski definition) is 2. The number of carboxylic acids is 1. The Kier molecular flexibility index (Phi) is 5.44. The molecule has 1 aromatic heterocycles. The molecular formula is C14H15NO2. The summed E-state index contributed by atoms with van der Waals surface area (Å²) in [5.74, 6) is -1.19. The maximum Gasteiger partial charge on any atom is 0.310 e. The first-order valence-electron chi connectivity index (χ1n) is 5.34. The molecule has 0 saturated carbocycles. The minimum atomic E-state index is -0.781. The Bertz CT molecular complexity index is 402. The summed E-state index contributed by atoms with van der Waals surface area (Å²) in [6.07, 6.45) is 3.50. The lowest BCUT2D eigenvalue weighted by molar-refractivity contribution is -0.138. The van der Waals surface area contributed by atoms with Crippen LogP contribution >= 0.6 is 0 Å². The molecule has 0 saturated heterocycles. The molecule has 2 aromatic rings. The lowest BCUT2D eigenvalue weighted by Gasteiger charge is -2.04. The highest BCUT2D eigenvalue weighted by Crippen LogP contribution is 2.13. The average molecular weight is 229 g/mol. The van der Waals surface area contributed by atoms with E-state index in [0.717, 1.165) is 5.56 Å².